The number of rotatable bonds is 5. The van der Waals surface area contributed by atoms with E-state index in [1.165, 1.54) is 0 Å². The molecule has 1 aromatic rings. The lowest BCUT2D eigenvalue weighted by Gasteiger charge is -2.40. The van der Waals surface area contributed by atoms with Gasteiger partial charge < -0.3 is 20.6 Å². The van der Waals surface area contributed by atoms with Gasteiger partial charge in [-0.3, -0.25) is 9.69 Å². The molecule has 0 spiro atoms. The smallest absolute Gasteiger partial charge is 0.322 e. The Morgan fingerprint density at radius 1 is 1.20 bits per heavy atom. The lowest BCUT2D eigenvalue weighted by Crippen LogP contribution is -2.56. The number of hydrogen-bond acceptors (Lipinski definition) is 4. The van der Waals surface area contributed by atoms with Crippen LogP contribution in [0.4, 0.5) is 16.2 Å². The fourth-order valence-corrected chi connectivity index (χ4v) is 2.96. The first-order valence-electron chi connectivity index (χ1n) is 8.77. The van der Waals surface area contributed by atoms with Gasteiger partial charge in [0.2, 0.25) is 5.91 Å². The van der Waals surface area contributed by atoms with Gasteiger partial charge in [-0.05, 0) is 38.1 Å². The molecule has 2 rings (SSSR count). The Balaban J connectivity index is 1.88. The zero-order valence-corrected chi connectivity index (χ0v) is 15.2. The number of benzene rings is 1. The number of aliphatic hydroxyl groups excluding tert-OH is 1. The average molecular weight is 348 g/mol. The largest absolute Gasteiger partial charge is 0.392 e. The van der Waals surface area contributed by atoms with E-state index in [1.807, 2.05) is 11.8 Å². The van der Waals surface area contributed by atoms with E-state index < -0.39 is 0 Å². The van der Waals surface area contributed by atoms with Crippen LogP contribution in [-0.4, -0.2) is 65.2 Å². The van der Waals surface area contributed by atoms with E-state index in [1.54, 1.807) is 38.1 Å². The van der Waals surface area contributed by atoms with Gasteiger partial charge in [-0.2, -0.15) is 0 Å². The Morgan fingerprint density at radius 3 is 2.32 bits per heavy atom. The number of piperazine rings is 1. The Morgan fingerprint density at radius 2 is 1.80 bits per heavy atom. The summed E-state index contributed by atoms with van der Waals surface area (Å²) in [5.41, 5.74) is 1.41. The maximum absolute atomic E-state index is 12.5. The van der Waals surface area contributed by atoms with Crippen LogP contribution in [0.25, 0.3) is 0 Å². The molecule has 1 fully saturated rings. The van der Waals surface area contributed by atoms with E-state index >= 15 is 0 Å². The van der Waals surface area contributed by atoms with E-state index in [9.17, 15) is 14.7 Å². The van der Waals surface area contributed by atoms with Crippen molar-refractivity contribution >= 4 is 23.3 Å². The molecular formula is C18H28N4O3. The van der Waals surface area contributed by atoms with E-state index in [-0.39, 0.29) is 24.1 Å². The van der Waals surface area contributed by atoms with Gasteiger partial charge in [-0.1, -0.05) is 6.92 Å². The summed E-state index contributed by atoms with van der Waals surface area (Å²) in [7, 11) is 0. The number of anilines is 2. The SMILES string of the molecule is CCC(=O)Nc1ccc(NC(=O)N2CCN(C[C@@H](C)O)C[C@@H]2C)cc1. The summed E-state index contributed by atoms with van der Waals surface area (Å²) in [4.78, 5) is 27.8. The molecule has 1 aliphatic heterocycles. The highest BCUT2D eigenvalue weighted by molar-refractivity contribution is 5.92. The van der Waals surface area contributed by atoms with Crippen LogP contribution in [-0.2, 0) is 4.79 Å². The van der Waals surface area contributed by atoms with Gasteiger partial charge in [0, 0.05) is 50.0 Å². The second-order valence-corrected chi connectivity index (χ2v) is 6.56. The molecule has 1 aliphatic rings. The third kappa shape index (κ3) is 5.72. The summed E-state index contributed by atoms with van der Waals surface area (Å²) < 4.78 is 0. The highest BCUT2D eigenvalue weighted by atomic mass is 16.3. The maximum atomic E-state index is 12.5. The molecule has 0 unspecified atom stereocenters. The minimum absolute atomic E-state index is 0.0410. The van der Waals surface area contributed by atoms with E-state index in [4.69, 9.17) is 0 Å². The topological polar surface area (TPSA) is 84.9 Å². The van der Waals surface area contributed by atoms with E-state index in [0.29, 0.717) is 30.9 Å². The van der Waals surface area contributed by atoms with Gasteiger partial charge in [0.15, 0.2) is 0 Å². The molecule has 0 bridgehead atoms. The highest BCUT2D eigenvalue weighted by Gasteiger charge is 2.27. The lowest BCUT2D eigenvalue weighted by molar-refractivity contribution is -0.115. The van der Waals surface area contributed by atoms with Crippen molar-refractivity contribution < 1.29 is 14.7 Å². The number of aliphatic hydroxyl groups is 1. The summed E-state index contributed by atoms with van der Waals surface area (Å²) in [6.07, 6.45) is 0.0662. The van der Waals surface area contributed by atoms with Crippen LogP contribution >= 0.6 is 0 Å². The second-order valence-electron chi connectivity index (χ2n) is 6.56. The molecule has 0 saturated carbocycles. The van der Waals surface area contributed by atoms with Crippen molar-refractivity contribution in [3.05, 3.63) is 24.3 Å². The molecule has 1 saturated heterocycles. The molecule has 3 N–H and O–H groups in total. The Kier molecular flexibility index (Phi) is 6.78. The van der Waals surface area contributed by atoms with E-state index in [0.717, 1.165) is 13.1 Å². The molecule has 1 heterocycles. The van der Waals surface area contributed by atoms with E-state index in [2.05, 4.69) is 15.5 Å². The van der Waals surface area contributed by atoms with Gasteiger partial charge in [0.05, 0.1) is 6.10 Å². The molecule has 25 heavy (non-hydrogen) atoms. The first-order chi connectivity index (χ1) is 11.9. The van der Waals surface area contributed by atoms with Crippen molar-refractivity contribution in [2.45, 2.75) is 39.3 Å². The van der Waals surface area contributed by atoms with Crippen LogP contribution in [0.2, 0.25) is 0 Å². The fourth-order valence-electron chi connectivity index (χ4n) is 2.96. The first-order valence-corrected chi connectivity index (χ1v) is 8.77. The lowest BCUT2D eigenvalue weighted by atomic mass is 10.2. The van der Waals surface area contributed by atoms with Crippen molar-refractivity contribution in [1.29, 1.82) is 0 Å². The molecule has 3 amide bonds. The minimum atomic E-state index is -0.362. The standard InChI is InChI=1S/C18H28N4O3/c1-4-17(24)19-15-5-7-16(8-6-15)20-18(25)22-10-9-21(11-13(22)2)12-14(3)23/h5-8,13-14,23H,4,9-12H2,1-3H3,(H,19,24)(H,20,25)/t13-,14+/m0/s1. The number of carbonyl (C=O) groups is 2. The monoisotopic (exact) mass is 348 g/mol. The molecule has 1 aromatic carbocycles. The normalized spacial score (nSPS) is 19.4. The molecular weight excluding hydrogens is 320 g/mol. The predicted octanol–water partition coefficient (Wildman–Crippen LogP) is 1.95. The Bertz CT molecular complexity index is 588. The third-order valence-electron chi connectivity index (χ3n) is 4.24. The van der Waals surface area contributed by atoms with Crippen molar-refractivity contribution in [3.8, 4) is 0 Å². The maximum Gasteiger partial charge on any atom is 0.322 e. The molecule has 7 nitrogen and oxygen atoms in total. The molecule has 0 aliphatic carbocycles. The third-order valence-corrected chi connectivity index (χ3v) is 4.24. The zero-order valence-electron chi connectivity index (χ0n) is 15.2. The molecule has 0 radical (unpaired) electrons. The van der Waals surface area contributed by atoms with Gasteiger partial charge in [0.1, 0.15) is 0 Å². The summed E-state index contributed by atoms with van der Waals surface area (Å²) in [6.45, 7) is 8.35. The van der Waals surface area contributed by atoms with Crippen molar-refractivity contribution in [2.24, 2.45) is 0 Å². The quantitative estimate of drug-likeness (QED) is 0.759. The van der Waals surface area contributed by atoms with Crippen LogP contribution in [0.5, 0.6) is 0 Å². The van der Waals surface area contributed by atoms with Gasteiger partial charge >= 0.3 is 6.03 Å². The molecule has 7 heteroatoms. The number of carbonyl (C=O) groups excluding carboxylic acids is 2. The number of urea groups is 1. The van der Waals surface area contributed by atoms with Crippen LogP contribution in [0.15, 0.2) is 24.3 Å². The van der Waals surface area contributed by atoms with Crippen molar-refractivity contribution in [1.82, 2.24) is 9.80 Å². The summed E-state index contributed by atoms with van der Waals surface area (Å²) in [6, 6.07) is 7.04. The average Bonchev–Trinajstić information content (AvgIpc) is 2.56. The van der Waals surface area contributed by atoms with Gasteiger partial charge in [-0.15, -0.1) is 0 Å². The molecule has 2 atom stereocenters. The molecule has 138 valence electrons. The fraction of sp³-hybridized carbons (Fsp3) is 0.556. The van der Waals surface area contributed by atoms with Gasteiger partial charge in [0.25, 0.3) is 0 Å². The number of β-amino-alcohol motifs (C(OH)–C–C–N with tert-alkyl or cyclic N) is 1. The van der Waals surface area contributed by atoms with Crippen LogP contribution in [0.1, 0.15) is 27.2 Å². The number of nitrogens with zero attached hydrogens (tertiary/aromatic N) is 2. The number of amides is 3. The zero-order chi connectivity index (χ0) is 18.4. The van der Waals surface area contributed by atoms with Crippen LogP contribution in [0, 0.1) is 0 Å². The van der Waals surface area contributed by atoms with Gasteiger partial charge in [-0.25, -0.2) is 4.79 Å². The second kappa shape index (κ2) is 8.82. The molecule has 0 aromatic heterocycles. The summed E-state index contributed by atoms with van der Waals surface area (Å²) >= 11 is 0. The van der Waals surface area contributed by atoms with Crippen molar-refractivity contribution in [3.63, 3.8) is 0 Å². The predicted molar refractivity (Wildman–Crippen MR) is 98.7 cm³/mol. The highest BCUT2D eigenvalue weighted by Crippen LogP contribution is 2.16. The minimum Gasteiger partial charge on any atom is -0.392 e. The number of nitrogens with one attached hydrogen (secondary N) is 2. The first kappa shape index (κ1) is 19.2. The van der Waals surface area contributed by atoms with Crippen LogP contribution in [0.3, 0.4) is 0 Å². The Hall–Kier alpha value is -2.12. The van der Waals surface area contributed by atoms with Crippen LogP contribution < -0.4 is 10.6 Å². The Labute approximate surface area is 149 Å². The van der Waals surface area contributed by atoms with Crippen molar-refractivity contribution in [2.75, 3.05) is 36.8 Å². The number of hydrogen-bond donors (Lipinski definition) is 3. The summed E-state index contributed by atoms with van der Waals surface area (Å²) in [5.74, 6) is -0.0410. The summed E-state index contributed by atoms with van der Waals surface area (Å²) in [5, 5.41) is 15.2.